The number of thioether (sulfide) groups is 1. The summed E-state index contributed by atoms with van der Waals surface area (Å²) in [6.45, 7) is 12.4. The summed E-state index contributed by atoms with van der Waals surface area (Å²) in [6, 6.07) is 15.1. The van der Waals surface area contributed by atoms with Crippen LogP contribution in [0.25, 0.3) is 11.1 Å². The summed E-state index contributed by atoms with van der Waals surface area (Å²) in [5, 5.41) is 10.8. The van der Waals surface area contributed by atoms with Crippen molar-refractivity contribution in [1.82, 2.24) is 4.98 Å². The van der Waals surface area contributed by atoms with E-state index in [9.17, 15) is 9.50 Å². The van der Waals surface area contributed by atoms with Crippen LogP contribution in [0.5, 0.6) is 0 Å². The van der Waals surface area contributed by atoms with Crippen molar-refractivity contribution in [2.45, 2.75) is 70.1 Å². The summed E-state index contributed by atoms with van der Waals surface area (Å²) in [5.74, 6) is 0.864. The zero-order chi connectivity index (χ0) is 22.7. The van der Waals surface area contributed by atoms with Crippen LogP contribution in [0.3, 0.4) is 0 Å². The second-order valence-electron chi connectivity index (χ2n) is 8.74. The van der Waals surface area contributed by atoms with Crippen molar-refractivity contribution < 1.29 is 9.50 Å². The maximum absolute atomic E-state index is 13.7. The topological polar surface area (TPSA) is 33.1 Å². The number of aromatic nitrogens is 1. The molecule has 0 radical (unpaired) electrons. The lowest BCUT2D eigenvalue weighted by Gasteiger charge is -2.26. The van der Waals surface area contributed by atoms with Crippen molar-refractivity contribution in [2.24, 2.45) is 0 Å². The Balaban J connectivity index is 2.25. The van der Waals surface area contributed by atoms with E-state index < -0.39 is 6.10 Å². The zero-order valence-electron chi connectivity index (χ0n) is 19.2. The molecule has 0 spiro atoms. The van der Waals surface area contributed by atoms with Crippen LogP contribution in [-0.4, -0.2) is 10.1 Å². The molecule has 0 saturated heterocycles. The maximum atomic E-state index is 13.7. The molecule has 1 unspecified atom stereocenters. The summed E-state index contributed by atoms with van der Waals surface area (Å²) in [5.41, 5.74) is 7.09. The number of hydrogen-bond donors (Lipinski definition) is 1. The number of hydrogen-bond acceptors (Lipinski definition) is 3. The van der Waals surface area contributed by atoms with E-state index in [0.717, 1.165) is 39.4 Å². The van der Waals surface area contributed by atoms with Gasteiger partial charge in [-0.25, -0.2) is 4.39 Å². The molecule has 31 heavy (non-hydrogen) atoms. The molecule has 0 fully saturated rings. The van der Waals surface area contributed by atoms with E-state index in [-0.39, 0.29) is 17.7 Å². The molecule has 0 aliphatic carbocycles. The van der Waals surface area contributed by atoms with Gasteiger partial charge in [0.25, 0.3) is 0 Å². The van der Waals surface area contributed by atoms with E-state index in [2.05, 4.69) is 58.9 Å². The molecule has 0 bridgehead atoms. The van der Waals surface area contributed by atoms with Gasteiger partial charge in [-0.1, -0.05) is 57.5 Å². The minimum absolute atomic E-state index is 0.167. The van der Waals surface area contributed by atoms with Crippen LogP contribution in [0, 0.1) is 12.7 Å². The molecule has 1 N–H and O–H groups in total. The Kier molecular flexibility index (Phi) is 7.55. The normalized spacial score (nSPS) is 12.6. The standard InChI is InChI=1S/C27H32FNOS/c1-16(2)26-23(15-31-22-13-7-18(5)8-14-22)25(20-9-11-21(28)12-10-20)24(19(6)30)27(29-26)17(3)4/h7-14,16-17,19,30H,15H2,1-6H3. The Bertz CT molecular complexity index is 1020. The molecule has 0 saturated carbocycles. The van der Waals surface area contributed by atoms with E-state index in [0.29, 0.717) is 0 Å². The molecule has 3 aromatic rings. The Morgan fingerprint density at radius 1 is 0.871 bits per heavy atom. The number of halogens is 1. The molecule has 3 rings (SSSR count). The summed E-state index contributed by atoms with van der Waals surface area (Å²) >= 11 is 1.76. The van der Waals surface area contributed by atoms with Crippen LogP contribution < -0.4 is 0 Å². The number of aliphatic hydroxyl groups is 1. The summed E-state index contributed by atoms with van der Waals surface area (Å²) in [4.78, 5) is 6.27. The minimum atomic E-state index is -0.672. The van der Waals surface area contributed by atoms with Crippen LogP contribution in [0.15, 0.2) is 53.4 Å². The molecule has 1 atom stereocenters. The number of rotatable bonds is 7. The van der Waals surface area contributed by atoms with Crippen molar-refractivity contribution in [2.75, 3.05) is 0 Å². The number of aryl methyl sites for hydroxylation is 1. The van der Waals surface area contributed by atoms with Crippen LogP contribution in [0.2, 0.25) is 0 Å². The number of benzene rings is 2. The molecule has 1 aromatic heterocycles. The summed E-state index contributed by atoms with van der Waals surface area (Å²) in [7, 11) is 0. The second-order valence-corrected chi connectivity index (χ2v) is 9.79. The Labute approximate surface area is 189 Å². The molecule has 4 heteroatoms. The first kappa shape index (κ1) is 23.5. The first-order valence-corrected chi connectivity index (χ1v) is 11.9. The van der Waals surface area contributed by atoms with Gasteiger partial charge in [-0.15, -0.1) is 11.8 Å². The lowest BCUT2D eigenvalue weighted by Crippen LogP contribution is -2.13. The predicted octanol–water partition coefficient (Wildman–Crippen LogP) is 7.79. The van der Waals surface area contributed by atoms with Crippen molar-refractivity contribution in [1.29, 1.82) is 0 Å². The lowest BCUT2D eigenvalue weighted by molar-refractivity contribution is 0.197. The summed E-state index contributed by atoms with van der Waals surface area (Å²) < 4.78 is 13.7. The van der Waals surface area contributed by atoms with E-state index in [4.69, 9.17) is 4.98 Å². The van der Waals surface area contributed by atoms with Gasteiger partial charge < -0.3 is 5.11 Å². The van der Waals surface area contributed by atoms with Crippen molar-refractivity contribution in [3.8, 4) is 11.1 Å². The third-order valence-electron chi connectivity index (χ3n) is 5.45. The van der Waals surface area contributed by atoms with Gasteiger partial charge in [0.1, 0.15) is 5.82 Å². The molecule has 0 aliphatic heterocycles. The molecule has 2 nitrogen and oxygen atoms in total. The highest BCUT2D eigenvalue weighted by molar-refractivity contribution is 7.98. The van der Waals surface area contributed by atoms with Gasteiger partial charge in [0.15, 0.2) is 0 Å². The zero-order valence-corrected chi connectivity index (χ0v) is 20.1. The third kappa shape index (κ3) is 5.36. The Hall–Kier alpha value is -2.17. The second kappa shape index (κ2) is 9.97. The van der Waals surface area contributed by atoms with E-state index in [1.807, 2.05) is 12.1 Å². The number of pyridine rings is 1. The fourth-order valence-electron chi connectivity index (χ4n) is 3.90. The fraction of sp³-hybridized carbons (Fsp3) is 0.370. The number of aliphatic hydroxyl groups excluding tert-OH is 1. The highest BCUT2D eigenvalue weighted by Crippen LogP contribution is 2.41. The van der Waals surface area contributed by atoms with Crippen LogP contribution in [-0.2, 0) is 5.75 Å². The van der Waals surface area contributed by atoms with Gasteiger partial charge in [-0.05, 0) is 66.6 Å². The first-order chi connectivity index (χ1) is 14.7. The van der Waals surface area contributed by atoms with Crippen LogP contribution >= 0.6 is 11.8 Å². The molecule has 0 amide bonds. The largest absolute Gasteiger partial charge is 0.389 e. The first-order valence-electron chi connectivity index (χ1n) is 10.9. The van der Waals surface area contributed by atoms with Crippen molar-refractivity contribution in [3.63, 3.8) is 0 Å². The Morgan fingerprint density at radius 2 is 1.45 bits per heavy atom. The van der Waals surface area contributed by atoms with E-state index in [1.165, 1.54) is 22.6 Å². The lowest BCUT2D eigenvalue weighted by atomic mass is 9.86. The van der Waals surface area contributed by atoms with Gasteiger partial charge >= 0.3 is 0 Å². The number of nitrogens with zero attached hydrogens (tertiary/aromatic N) is 1. The average molecular weight is 438 g/mol. The molecule has 2 aromatic carbocycles. The quantitative estimate of drug-likeness (QED) is 0.383. The SMILES string of the molecule is Cc1ccc(SCc2c(C(C)C)nc(C(C)C)c(C(C)O)c2-c2ccc(F)cc2)cc1. The molecular weight excluding hydrogens is 405 g/mol. The van der Waals surface area contributed by atoms with Gasteiger partial charge in [0.05, 0.1) is 6.10 Å². The van der Waals surface area contributed by atoms with E-state index >= 15 is 0 Å². The predicted molar refractivity (Wildman–Crippen MR) is 129 cm³/mol. The third-order valence-corrected chi connectivity index (χ3v) is 6.48. The van der Waals surface area contributed by atoms with Gasteiger partial charge in [-0.2, -0.15) is 0 Å². The molecule has 0 aliphatic rings. The van der Waals surface area contributed by atoms with Gasteiger partial charge in [-0.3, -0.25) is 4.98 Å². The Morgan fingerprint density at radius 3 is 1.97 bits per heavy atom. The van der Waals surface area contributed by atoms with Gasteiger partial charge in [0.2, 0.25) is 0 Å². The van der Waals surface area contributed by atoms with E-state index in [1.54, 1.807) is 18.7 Å². The van der Waals surface area contributed by atoms with Crippen LogP contribution in [0.4, 0.5) is 4.39 Å². The summed E-state index contributed by atoms with van der Waals surface area (Å²) in [6.07, 6.45) is -0.672. The molecular formula is C27H32FNOS. The monoisotopic (exact) mass is 437 g/mol. The van der Waals surface area contributed by atoms with Crippen molar-refractivity contribution >= 4 is 11.8 Å². The maximum Gasteiger partial charge on any atom is 0.123 e. The smallest absolute Gasteiger partial charge is 0.123 e. The average Bonchev–Trinajstić information content (AvgIpc) is 2.72. The van der Waals surface area contributed by atoms with Crippen molar-refractivity contribution in [3.05, 3.63) is 82.4 Å². The molecule has 1 heterocycles. The fourth-order valence-corrected chi connectivity index (χ4v) is 4.83. The highest BCUT2D eigenvalue weighted by atomic mass is 32.2. The minimum Gasteiger partial charge on any atom is -0.389 e. The molecule has 164 valence electrons. The van der Waals surface area contributed by atoms with Gasteiger partial charge in [0, 0.05) is 27.6 Å². The van der Waals surface area contributed by atoms with Crippen LogP contribution in [0.1, 0.15) is 80.6 Å². The highest BCUT2D eigenvalue weighted by Gasteiger charge is 2.26.